The quantitative estimate of drug-likeness (QED) is 0.815. The summed E-state index contributed by atoms with van der Waals surface area (Å²) in [5.41, 5.74) is 5.41. The molecule has 0 aliphatic heterocycles. The van der Waals surface area contributed by atoms with E-state index in [9.17, 15) is 4.79 Å². The Labute approximate surface area is 99.1 Å². The number of hydrogen-bond acceptors (Lipinski definition) is 4. The van der Waals surface area contributed by atoms with Gasteiger partial charge in [0.2, 0.25) is 0 Å². The lowest BCUT2D eigenvalue weighted by atomic mass is 10.0. The Morgan fingerprint density at radius 3 is 2.65 bits per heavy atom. The van der Waals surface area contributed by atoms with Gasteiger partial charge in [0.15, 0.2) is 11.5 Å². The van der Waals surface area contributed by atoms with Crippen molar-refractivity contribution in [1.82, 2.24) is 0 Å². The van der Waals surface area contributed by atoms with Crippen molar-refractivity contribution < 1.29 is 19.4 Å². The van der Waals surface area contributed by atoms with Gasteiger partial charge in [-0.05, 0) is 12.5 Å². The zero-order valence-electron chi connectivity index (χ0n) is 9.77. The maximum absolute atomic E-state index is 11.0. The monoisotopic (exact) mass is 237 g/mol. The zero-order valence-corrected chi connectivity index (χ0v) is 9.77. The van der Waals surface area contributed by atoms with Gasteiger partial charge in [-0.25, -0.2) is 0 Å². The highest BCUT2D eigenvalue weighted by Gasteiger charge is 2.59. The Morgan fingerprint density at radius 1 is 1.47 bits per heavy atom. The van der Waals surface area contributed by atoms with Crippen molar-refractivity contribution in [2.75, 3.05) is 14.2 Å². The van der Waals surface area contributed by atoms with Gasteiger partial charge in [0.25, 0.3) is 0 Å². The van der Waals surface area contributed by atoms with Crippen LogP contribution in [0.3, 0.4) is 0 Å². The van der Waals surface area contributed by atoms with E-state index in [0.29, 0.717) is 17.9 Å². The second kappa shape index (κ2) is 3.92. The highest BCUT2D eigenvalue weighted by Crippen LogP contribution is 2.53. The van der Waals surface area contributed by atoms with E-state index in [1.807, 2.05) is 6.07 Å². The predicted octanol–water partition coefficient (Wildman–Crippen LogP) is 0.973. The summed E-state index contributed by atoms with van der Waals surface area (Å²) in [5.74, 6) is -0.0457. The summed E-state index contributed by atoms with van der Waals surface area (Å²) in [5, 5.41) is 9.04. The lowest BCUT2D eigenvalue weighted by Crippen LogP contribution is -2.34. The van der Waals surface area contributed by atoms with Crippen LogP contribution in [-0.2, 0) is 4.79 Å². The average molecular weight is 237 g/mol. The molecule has 1 aromatic rings. The number of carbonyl (C=O) groups is 1. The second-order valence-electron chi connectivity index (χ2n) is 4.18. The Morgan fingerprint density at radius 2 is 2.18 bits per heavy atom. The summed E-state index contributed by atoms with van der Waals surface area (Å²) >= 11 is 0. The molecule has 1 fully saturated rings. The third kappa shape index (κ3) is 1.72. The number of carboxylic acid groups (broad SMARTS) is 1. The molecule has 1 aromatic carbocycles. The molecule has 2 unspecified atom stereocenters. The van der Waals surface area contributed by atoms with E-state index in [0.717, 1.165) is 5.56 Å². The molecule has 17 heavy (non-hydrogen) atoms. The molecule has 5 nitrogen and oxygen atoms in total. The van der Waals surface area contributed by atoms with Crippen LogP contribution in [0, 0.1) is 0 Å². The summed E-state index contributed by atoms with van der Waals surface area (Å²) in [6, 6.07) is 5.39. The highest BCUT2D eigenvalue weighted by molar-refractivity contribution is 5.85. The molecule has 0 amide bonds. The third-order valence-electron chi connectivity index (χ3n) is 3.21. The first kappa shape index (κ1) is 11.7. The van der Waals surface area contributed by atoms with Gasteiger partial charge in [-0.1, -0.05) is 12.1 Å². The molecule has 0 radical (unpaired) electrons. The molecule has 0 saturated heterocycles. The predicted molar refractivity (Wildman–Crippen MR) is 61.5 cm³/mol. The molecule has 0 bridgehead atoms. The summed E-state index contributed by atoms with van der Waals surface area (Å²) in [6.07, 6.45) is 0.422. The van der Waals surface area contributed by atoms with Crippen LogP contribution >= 0.6 is 0 Å². The van der Waals surface area contributed by atoms with Gasteiger partial charge in [0.1, 0.15) is 5.54 Å². The number of para-hydroxylation sites is 1. The van der Waals surface area contributed by atoms with Crippen LogP contribution in [0.25, 0.3) is 0 Å². The lowest BCUT2D eigenvalue weighted by Gasteiger charge is -2.13. The lowest BCUT2D eigenvalue weighted by molar-refractivity contribution is -0.139. The van der Waals surface area contributed by atoms with Crippen molar-refractivity contribution >= 4 is 5.97 Å². The highest BCUT2D eigenvalue weighted by atomic mass is 16.5. The molecule has 92 valence electrons. The van der Waals surface area contributed by atoms with Gasteiger partial charge < -0.3 is 20.3 Å². The van der Waals surface area contributed by atoms with E-state index in [4.69, 9.17) is 20.3 Å². The minimum Gasteiger partial charge on any atom is -0.493 e. The first-order valence-electron chi connectivity index (χ1n) is 5.27. The Hall–Kier alpha value is -1.75. The molecule has 3 N–H and O–H groups in total. The van der Waals surface area contributed by atoms with Crippen LogP contribution in [0.1, 0.15) is 17.9 Å². The second-order valence-corrected chi connectivity index (χ2v) is 4.18. The normalized spacial score (nSPS) is 26.4. The summed E-state index contributed by atoms with van der Waals surface area (Å²) < 4.78 is 10.4. The van der Waals surface area contributed by atoms with Gasteiger partial charge >= 0.3 is 5.97 Å². The number of nitrogens with two attached hydrogens (primary N) is 1. The topological polar surface area (TPSA) is 81.8 Å². The number of rotatable bonds is 4. The zero-order chi connectivity index (χ0) is 12.6. The van der Waals surface area contributed by atoms with Crippen LogP contribution in [-0.4, -0.2) is 30.8 Å². The van der Waals surface area contributed by atoms with Crippen molar-refractivity contribution in [3.63, 3.8) is 0 Å². The Kier molecular flexibility index (Phi) is 2.71. The van der Waals surface area contributed by atoms with Crippen molar-refractivity contribution in [2.45, 2.75) is 17.9 Å². The minimum atomic E-state index is -1.17. The van der Waals surface area contributed by atoms with Crippen molar-refractivity contribution in [2.24, 2.45) is 5.73 Å². The molecule has 5 heteroatoms. The van der Waals surface area contributed by atoms with E-state index in [2.05, 4.69) is 0 Å². The van der Waals surface area contributed by atoms with Gasteiger partial charge in [0, 0.05) is 11.5 Å². The van der Waals surface area contributed by atoms with E-state index in [-0.39, 0.29) is 5.92 Å². The molecule has 1 aliphatic rings. The molecular formula is C12H15NO4. The molecule has 2 atom stereocenters. The van der Waals surface area contributed by atoms with Crippen LogP contribution < -0.4 is 15.2 Å². The Balaban J connectivity index is 2.38. The van der Waals surface area contributed by atoms with Crippen LogP contribution in [0.5, 0.6) is 11.5 Å². The number of methoxy groups -OCH3 is 2. The fourth-order valence-electron chi connectivity index (χ4n) is 2.09. The van der Waals surface area contributed by atoms with E-state index >= 15 is 0 Å². The summed E-state index contributed by atoms with van der Waals surface area (Å²) in [4.78, 5) is 11.0. The van der Waals surface area contributed by atoms with Crippen molar-refractivity contribution in [3.05, 3.63) is 23.8 Å². The summed E-state index contributed by atoms with van der Waals surface area (Å²) in [7, 11) is 3.07. The SMILES string of the molecule is COc1cccc(C2CC2(N)C(=O)O)c1OC. The number of hydrogen-bond donors (Lipinski definition) is 2. The fourth-order valence-corrected chi connectivity index (χ4v) is 2.09. The largest absolute Gasteiger partial charge is 0.493 e. The average Bonchev–Trinajstić information content (AvgIpc) is 3.02. The Bertz CT molecular complexity index is 460. The fraction of sp³-hybridized carbons (Fsp3) is 0.417. The number of benzene rings is 1. The maximum atomic E-state index is 11.0. The molecule has 0 spiro atoms. The van der Waals surface area contributed by atoms with Gasteiger partial charge in [0.05, 0.1) is 14.2 Å². The first-order chi connectivity index (χ1) is 8.04. The van der Waals surface area contributed by atoms with Crippen molar-refractivity contribution in [3.8, 4) is 11.5 Å². The van der Waals surface area contributed by atoms with E-state index in [1.165, 1.54) is 7.11 Å². The van der Waals surface area contributed by atoms with Gasteiger partial charge in [-0.15, -0.1) is 0 Å². The number of aliphatic carboxylic acids is 1. The molecule has 0 heterocycles. The standard InChI is InChI=1S/C12H15NO4/c1-16-9-5-3-4-7(10(9)17-2)8-6-12(8,13)11(14)15/h3-5,8H,6,13H2,1-2H3,(H,14,15). The minimum absolute atomic E-state index is 0.218. The van der Waals surface area contributed by atoms with Gasteiger partial charge in [-0.2, -0.15) is 0 Å². The smallest absolute Gasteiger partial charge is 0.324 e. The molecule has 1 aliphatic carbocycles. The van der Waals surface area contributed by atoms with E-state index in [1.54, 1.807) is 19.2 Å². The van der Waals surface area contributed by atoms with Crippen LogP contribution in [0.4, 0.5) is 0 Å². The number of carboxylic acids is 1. The van der Waals surface area contributed by atoms with Crippen LogP contribution in [0.2, 0.25) is 0 Å². The first-order valence-corrected chi connectivity index (χ1v) is 5.27. The molecule has 1 saturated carbocycles. The summed E-state index contributed by atoms with van der Waals surface area (Å²) in [6.45, 7) is 0. The molecular weight excluding hydrogens is 222 g/mol. The van der Waals surface area contributed by atoms with E-state index < -0.39 is 11.5 Å². The van der Waals surface area contributed by atoms with Gasteiger partial charge in [-0.3, -0.25) is 4.79 Å². The number of ether oxygens (including phenoxy) is 2. The molecule has 2 rings (SSSR count). The molecule has 0 aromatic heterocycles. The van der Waals surface area contributed by atoms with Crippen LogP contribution in [0.15, 0.2) is 18.2 Å². The van der Waals surface area contributed by atoms with Crippen molar-refractivity contribution in [1.29, 1.82) is 0 Å². The third-order valence-corrected chi connectivity index (χ3v) is 3.21. The maximum Gasteiger partial charge on any atom is 0.324 e.